The zero-order chi connectivity index (χ0) is 14.6. The molecule has 1 heterocycles. The lowest BCUT2D eigenvalue weighted by molar-refractivity contribution is 0.395. The van der Waals surface area contributed by atoms with Gasteiger partial charge in [0.2, 0.25) is 5.88 Å². The smallest absolute Gasteiger partial charge is 0.284 e. The fourth-order valence-electron chi connectivity index (χ4n) is 1.39. The highest BCUT2D eigenvalue weighted by molar-refractivity contribution is 7.90. The van der Waals surface area contributed by atoms with Crippen molar-refractivity contribution in [3.05, 3.63) is 48.4 Å². The fraction of sp³-hybridized carbons (Fsp3) is 0.0833. The van der Waals surface area contributed by atoms with Gasteiger partial charge in [0, 0.05) is 0 Å². The molecule has 104 valence electrons. The molecule has 1 aromatic heterocycles. The van der Waals surface area contributed by atoms with Gasteiger partial charge in [-0.05, 0) is 12.1 Å². The minimum atomic E-state index is -3.87. The van der Waals surface area contributed by atoms with E-state index in [2.05, 4.69) is 14.4 Å². The van der Waals surface area contributed by atoms with Crippen molar-refractivity contribution in [1.82, 2.24) is 9.97 Å². The third-order valence-corrected chi connectivity index (χ3v) is 3.65. The van der Waals surface area contributed by atoms with Crippen LogP contribution in [0.2, 0.25) is 0 Å². The molecular weight excluding hydrogens is 280 g/mol. The Morgan fingerprint density at radius 3 is 2.60 bits per heavy atom. The van der Waals surface area contributed by atoms with Gasteiger partial charge >= 0.3 is 0 Å². The minimum Gasteiger partial charge on any atom is -0.480 e. The highest BCUT2D eigenvalue weighted by atomic mass is 32.2. The first-order valence-corrected chi connectivity index (χ1v) is 6.99. The Bertz CT molecular complexity index is 729. The Morgan fingerprint density at radius 1 is 1.25 bits per heavy atom. The zero-order valence-electron chi connectivity index (χ0n) is 10.6. The van der Waals surface area contributed by atoms with Crippen molar-refractivity contribution < 1.29 is 13.2 Å². The molecule has 20 heavy (non-hydrogen) atoms. The number of hydrogen-bond acceptors (Lipinski definition) is 5. The molecule has 1 aromatic carbocycles. The topological polar surface area (TPSA) is 108 Å². The number of hydrogen-bond donors (Lipinski definition) is 1. The highest BCUT2D eigenvalue weighted by Gasteiger charge is 2.14. The van der Waals surface area contributed by atoms with Crippen LogP contribution in [0.4, 0.5) is 0 Å². The lowest BCUT2D eigenvalue weighted by Gasteiger charge is -2.03. The molecule has 0 radical (unpaired) electrons. The predicted octanol–water partition coefficient (Wildman–Crippen LogP) is 0.579. The van der Waals surface area contributed by atoms with Gasteiger partial charge in [0.25, 0.3) is 10.0 Å². The Morgan fingerprint density at radius 2 is 1.95 bits per heavy atom. The average Bonchev–Trinajstić information content (AvgIpc) is 2.48. The Balaban J connectivity index is 2.39. The molecule has 0 spiro atoms. The lowest BCUT2D eigenvalue weighted by Crippen LogP contribution is -2.18. The van der Waals surface area contributed by atoms with Crippen LogP contribution in [0.25, 0.3) is 0 Å². The Labute approximate surface area is 116 Å². The third kappa shape index (κ3) is 3.09. The molecule has 0 aliphatic heterocycles. The first-order valence-electron chi connectivity index (χ1n) is 5.55. The minimum absolute atomic E-state index is 0.0544. The van der Waals surface area contributed by atoms with E-state index in [4.69, 9.17) is 10.5 Å². The molecule has 0 aliphatic carbocycles. The van der Waals surface area contributed by atoms with Crippen LogP contribution in [0.5, 0.6) is 5.88 Å². The molecule has 2 aromatic rings. The molecule has 0 amide bonds. The largest absolute Gasteiger partial charge is 0.480 e. The van der Waals surface area contributed by atoms with Gasteiger partial charge in [-0.15, -0.1) is 4.40 Å². The summed E-state index contributed by atoms with van der Waals surface area (Å²) in [4.78, 5) is 7.85. The second kappa shape index (κ2) is 5.66. The average molecular weight is 292 g/mol. The number of benzene rings is 1. The number of methoxy groups -OCH3 is 1. The van der Waals surface area contributed by atoms with Crippen molar-refractivity contribution in [2.75, 3.05) is 7.11 Å². The number of aromatic nitrogens is 2. The summed E-state index contributed by atoms with van der Waals surface area (Å²) in [6.07, 6.45) is 2.68. The number of nitrogens with two attached hydrogens (primary N) is 1. The molecule has 7 nitrogen and oxygen atoms in total. The Kier molecular flexibility index (Phi) is 3.94. The second-order valence-corrected chi connectivity index (χ2v) is 5.32. The second-order valence-electron chi connectivity index (χ2n) is 3.71. The van der Waals surface area contributed by atoms with E-state index < -0.39 is 10.0 Å². The number of nitrogens with zero attached hydrogens (tertiary/aromatic N) is 3. The van der Waals surface area contributed by atoms with Gasteiger partial charge in [-0.1, -0.05) is 18.2 Å². The van der Waals surface area contributed by atoms with Crippen LogP contribution in [0.15, 0.2) is 52.0 Å². The molecule has 0 saturated heterocycles. The van der Waals surface area contributed by atoms with E-state index >= 15 is 0 Å². The number of rotatable bonds is 4. The van der Waals surface area contributed by atoms with Gasteiger partial charge in [-0.25, -0.2) is 4.98 Å². The van der Waals surface area contributed by atoms with Crippen LogP contribution < -0.4 is 10.5 Å². The maximum absolute atomic E-state index is 12.0. The maximum Gasteiger partial charge on any atom is 0.284 e. The molecule has 2 rings (SSSR count). The first kappa shape index (κ1) is 13.9. The van der Waals surface area contributed by atoms with Crippen LogP contribution in [0, 0.1) is 0 Å². The molecule has 8 heteroatoms. The summed E-state index contributed by atoms with van der Waals surface area (Å²) in [6, 6.07) is 7.78. The molecule has 0 aliphatic rings. The van der Waals surface area contributed by atoms with Gasteiger partial charge in [-0.2, -0.15) is 8.42 Å². The molecule has 0 unspecified atom stereocenters. The molecule has 0 atom stereocenters. The van der Waals surface area contributed by atoms with Crippen LogP contribution in [0.3, 0.4) is 0 Å². The van der Waals surface area contributed by atoms with E-state index in [9.17, 15) is 8.42 Å². The summed E-state index contributed by atoms with van der Waals surface area (Å²) in [7, 11) is -2.45. The van der Waals surface area contributed by atoms with E-state index in [0.717, 1.165) is 0 Å². The van der Waals surface area contributed by atoms with E-state index in [-0.39, 0.29) is 22.3 Å². The predicted molar refractivity (Wildman–Crippen MR) is 72.9 cm³/mol. The van der Waals surface area contributed by atoms with E-state index in [1.165, 1.54) is 31.6 Å². The van der Waals surface area contributed by atoms with Crippen LogP contribution >= 0.6 is 0 Å². The van der Waals surface area contributed by atoms with Gasteiger partial charge in [0.05, 0.1) is 24.4 Å². The normalized spacial score (nSPS) is 12.2. The van der Waals surface area contributed by atoms with Crippen LogP contribution in [0.1, 0.15) is 5.69 Å². The van der Waals surface area contributed by atoms with Crippen molar-refractivity contribution in [3.63, 3.8) is 0 Å². The summed E-state index contributed by atoms with van der Waals surface area (Å²) >= 11 is 0. The molecule has 0 bridgehead atoms. The first-order chi connectivity index (χ1) is 9.53. The zero-order valence-corrected chi connectivity index (χ0v) is 11.4. The van der Waals surface area contributed by atoms with Crippen molar-refractivity contribution in [2.24, 2.45) is 10.1 Å². The maximum atomic E-state index is 12.0. The van der Waals surface area contributed by atoms with E-state index in [1.54, 1.807) is 18.2 Å². The summed E-state index contributed by atoms with van der Waals surface area (Å²) in [5, 5.41) is 0. The standard InChI is InChI=1S/C12H12N4O3S/c1-19-11-8-14-7-10(15-11)12(13)16-20(17,18)9-5-3-2-4-6-9/h2-8H,1H3,(H2,13,16). The van der Waals surface area contributed by atoms with Crippen LogP contribution in [-0.4, -0.2) is 31.3 Å². The SMILES string of the molecule is COc1cncc(C(N)=NS(=O)(=O)c2ccccc2)n1. The van der Waals surface area contributed by atoms with Crippen molar-refractivity contribution in [1.29, 1.82) is 0 Å². The summed E-state index contributed by atoms with van der Waals surface area (Å²) in [6.45, 7) is 0. The number of ether oxygens (including phenoxy) is 1. The third-order valence-electron chi connectivity index (χ3n) is 2.34. The molecular formula is C12H12N4O3S. The van der Waals surface area contributed by atoms with Crippen LogP contribution in [-0.2, 0) is 10.0 Å². The van der Waals surface area contributed by atoms with Crippen molar-refractivity contribution in [2.45, 2.75) is 4.90 Å². The van der Waals surface area contributed by atoms with Gasteiger partial charge < -0.3 is 10.5 Å². The Hall–Kier alpha value is -2.48. The monoisotopic (exact) mass is 292 g/mol. The highest BCUT2D eigenvalue weighted by Crippen LogP contribution is 2.12. The lowest BCUT2D eigenvalue weighted by atomic mass is 10.4. The quantitative estimate of drug-likeness (QED) is 0.652. The number of amidine groups is 1. The molecule has 0 saturated carbocycles. The number of sulfonamides is 1. The van der Waals surface area contributed by atoms with E-state index in [0.29, 0.717) is 0 Å². The van der Waals surface area contributed by atoms with Gasteiger partial charge in [0.15, 0.2) is 5.84 Å². The molecule has 0 fully saturated rings. The fourth-order valence-corrected chi connectivity index (χ4v) is 2.35. The van der Waals surface area contributed by atoms with Crippen molar-refractivity contribution >= 4 is 15.9 Å². The summed E-state index contributed by atoms with van der Waals surface area (Å²) in [5.74, 6) is -0.0296. The summed E-state index contributed by atoms with van der Waals surface area (Å²) in [5.41, 5.74) is 5.78. The van der Waals surface area contributed by atoms with Gasteiger partial charge in [0.1, 0.15) is 5.69 Å². The van der Waals surface area contributed by atoms with E-state index in [1.807, 2.05) is 0 Å². The summed E-state index contributed by atoms with van der Waals surface area (Å²) < 4.78 is 32.5. The van der Waals surface area contributed by atoms with Crippen molar-refractivity contribution in [3.8, 4) is 5.88 Å². The molecule has 2 N–H and O–H groups in total. The van der Waals surface area contributed by atoms with Gasteiger partial charge in [-0.3, -0.25) is 4.98 Å².